The molecule has 0 aliphatic carbocycles. The van der Waals surface area contributed by atoms with Crippen molar-refractivity contribution in [1.82, 2.24) is 0 Å². The first-order chi connectivity index (χ1) is 9.99. The summed E-state index contributed by atoms with van der Waals surface area (Å²) in [7, 11) is 1.58. The number of carbonyl (C=O) groups is 1. The second-order valence-electron chi connectivity index (χ2n) is 4.77. The number of rotatable bonds is 4. The van der Waals surface area contributed by atoms with Gasteiger partial charge in [0, 0.05) is 10.2 Å². The van der Waals surface area contributed by atoms with Crippen molar-refractivity contribution in [2.45, 2.75) is 13.3 Å². The van der Waals surface area contributed by atoms with Gasteiger partial charge in [-0.1, -0.05) is 28.1 Å². The van der Waals surface area contributed by atoms with Crippen LogP contribution < -0.4 is 15.8 Å². The Morgan fingerprint density at radius 3 is 2.57 bits per heavy atom. The largest absolute Gasteiger partial charge is 0.495 e. The molecule has 0 bridgehead atoms. The predicted molar refractivity (Wildman–Crippen MR) is 88.6 cm³/mol. The number of nitrogen functional groups attached to an aromatic ring is 1. The summed E-state index contributed by atoms with van der Waals surface area (Å²) in [5.74, 6) is 0.538. The third kappa shape index (κ3) is 3.98. The summed E-state index contributed by atoms with van der Waals surface area (Å²) in [6, 6.07) is 11.0. The zero-order valence-electron chi connectivity index (χ0n) is 11.9. The van der Waals surface area contributed by atoms with Gasteiger partial charge >= 0.3 is 0 Å². The Morgan fingerprint density at radius 1 is 1.29 bits per heavy atom. The maximum absolute atomic E-state index is 12.2. The van der Waals surface area contributed by atoms with E-state index in [1.165, 1.54) is 0 Å². The topological polar surface area (TPSA) is 64.3 Å². The molecule has 2 aromatic carbocycles. The first kappa shape index (κ1) is 15.4. The minimum absolute atomic E-state index is 0.0940. The Balaban J connectivity index is 2.14. The number of halogens is 1. The van der Waals surface area contributed by atoms with Gasteiger partial charge in [-0.2, -0.15) is 0 Å². The molecule has 1 amide bonds. The van der Waals surface area contributed by atoms with E-state index in [1.54, 1.807) is 19.2 Å². The summed E-state index contributed by atoms with van der Waals surface area (Å²) in [6.45, 7) is 1.92. The van der Waals surface area contributed by atoms with Crippen LogP contribution in [0.2, 0.25) is 0 Å². The van der Waals surface area contributed by atoms with Crippen LogP contribution >= 0.6 is 15.9 Å². The molecule has 0 saturated heterocycles. The Labute approximate surface area is 132 Å². The lowest BCUT2D eigenvalue weighted by atomic mass is 10.1. The first-order valence-electron chi connectivity index (χ1n) is 6.48. The van der Waals surface area contributed by atoms with Crippen LogP contribution in [-0.4, -0.2) is 13.0 Å². The fraction of sp³-hybridized carbons (Fsp3) is 0.188. The molecule has 0 spiro atoms. The van der Waals surface area contributed by atoms with E-state index in [1.807, 2.05) is 31.2 Å². The molecule has 5 heteroatoms. The van der Waals surface area contributed by atoms with Crippen LogP contribution in [0.5, 0.6) is 5.75 Å². The quantitative estimate of drug-likeness (QED) is 0.830. The third-order valence-corrected chi connectivity index (χ3v) is 3.55. The average Bonchev–Trinajstić information content (AvgIpc) is 2.44. The number of nitrogens with two attached hydrogens (primary N) is 1. The molecule has 0 aromatic heterocycles. The van der Waals surface area contributed by atoms with E-state index >= 15 is 0 Å². The third-order valence-electron chi connectivity index (χ3n) is 3.09. The highest BCUT2D eigenvalue weighted by atomic mass is 79.9. The molecule has 2 rings (SSSR count). The minimum Gasteiger partial charge on any atom is -0.495 e. The molecule has 2 aromatic rings. The summed E-state index contributed by atoms with van der Waals surface area (Å²) in [5.41, 5.74) is 8.86. The van der Waals surface area contributed by atoms with Crippen molar-refractivity contribution in [3.05, 3.63) is 52.0 Å². The van der Waals surface area contributed by atoms with Gasteiger partial charge in [0.05, 0.1) is 19.2 Å². The van der Waals surface area contributed by atoms with Gasteiger partial charge in [0.25, 0.3) is 0 Å². The molecular formula is C16H17BrN2O2. The highest BCUT2D eigenvalue weighted by Gasteiger charge is 2.12. The molecule has 110 valence electrons. The number of methoxy groups -OCH3 is 1. The molecule has 21 heavy (non-hydrogen) atoms. The molecule has 0 atom stereocenters. The fourth-order valence-corrected chi connectivity index (χ4v) is 2.59. The van der Waals surface area contributed by atoms with Crippen LogP contribution in [0, 0.1) is 6.92 Å². The summed E-state index contributed by atoms with van der Waals surface area (Å²) < 4.78 is 6.22. The van der Waals surface area contributed by atoms with Crippen molar-refractivity contribution in [3.63, 3.8) is 0 Å². The molecule has 4 nitrogen and oxygen atoms in total. The standard InChI is InChI=1S/C16H17BrN2O2/c1-10-7-12(17)9-14(21-2)16(10)19-15(20)8-11-3-5-13(18)6-4-11/h3-7,9H,8,18H2,1-2H3,(H,19,20). The molecule has 0 saturated carbocycles. The van der Waals surface area contributed by atoms with Gasteiger partial charge in [0.15, 0.2) is 0 Å². The van der Waals surface area contributed by atoms with E-state index in [-0.39, 0.29) is 5.91 Å². The van der Waals surface area contributed by atoms with E-state index in [0.29, 0.717) is 23.5 Å². The van der Waals surface area contributed by atoms with Gasteiger partial charge < -0.3 is 15.8 Å². The lowest BCUT2D eigenvalue weighted by molar-refractivity contribution is -0.115. The second kappa shape index (κ2) is 6.63. The highest BCUT2D eigenvalue weighted by molar-refractivity contribution is 9.10. The highest BCUT2D eigenvalue weighted by Crippen LogP contribution is 2.32. The average molecular weight is 349 g/mol. The smallest absolute Gasteiger partial charge is 0.228 e. The number of ether oxygens (including phenoxy) is 1. The first-order valence-corrected chi connectivity index (χ1v) is 7.27. The maximum Gasteiger partial charge on any atom is 0.228 e. The van der Waals surface area contributed by atoms with Crippen LogP contribution in [0.4, 0.5) is 11.4 Å². The molecule has 3 N–H and O–H groups in total. The number of anilines is 2. The van der Waals surface area contributed by atoms with Crippen LogP contribution in [0.3, 0.4) is 0 Å². The van der Waals surface area contributed by atoms with Crippen molar-refractivity contribution in [3.8, 4) is 5.75 Å². The molecule has 0 aliphatic rings. The molecule has 0 radical (unpaired) electrons. The summed E-state index contributed by atoms with van der Waals surface area (Å²) >= 11 is 3.41. The number of benzene rings is 2. The van der Waals surface area contributed by atoms with Crippen molar-refractivity contribution in [2.24, 2.45) is 0 Å². The maximum atomic E-state index is 12.2. The molecular weight excluding hydrogens is 332 g/mol. The fourth-order valence-electron chi connectivity index (χ4n) is 2.04. The number of nitrogens with one attached hydrogen (secondary N) is 1. The molecule has 0 fully saturated rings. The van der Waals surface area contributed by atoms with Crippen molar-refractivity contribution in [2.75, 3.05) is 18.2 Å². The molecule has 0 unspecified atom stereocenters. The molecule has 0 heterocycles. The second-order valence-corrected chi connectivity index (χ2v) is 5.68. The van der Waals surface area contributed by atoms with Crippen LogP contribution in [0.25, 0.3) is 0 Å². The predicted octanol–water partition coefficient (Wildman–Crippen LogP) is 3.53. The van der Waals surface area contributed by atoms with Crippen LogP contribution in [0.15, 0.2) is 40.9 Å². The Kier molecular flexibility index (Phi) is 4.85. The van der Waals surface area contributed by atoms with E-state index in [2.05, 4.69) is 21.2 Å². The minimum atomic E-state index is -0.0940. The van der Waals surface area contributed by atoms with Crippen molar-refractivity contribution in [1.29, 1.82) is 0 Å². The summed E-state index contributed by atoms with van der Waals surface area (Å²) in [6.07, 6.45) is 0.291. The van der Waals surface area contributed by atoms with Gasteiger partial charge in [0.1, 0.15) is 5.75 Å². The Morgan fingerprint density at radius 2 is 1.95 bits per heavy atom. The van der Waals surface area contributed by atoms with Gasteiger partial charge in [-0.15, -0.1) is 0 Å². The van der Waals surface area contributed by atoms with Crippen molar-refractivity contribution < 1.29 is 9.53 Å². The number of carbonyl (C=O) groups excluding carboxylic acids is 1. The number of hydrogen-bond donors (Lipinski definition) is 2. The Hall–Kier alpha value is -2.01. The SMILES string of the molecule is COc1cc(Br)cc(C)c1NC(=O)Cc1ccc(N)cc1. The van der Waals surface area contributed by atoms with Crippen LogP contribution in [0.1, 0.15) is 11.1 Å². The van der Waals surface area contributed by atoms with E-state index in [9.17, 15) is 4.79 Å². The van der Waals surface area contributed by atoms with Gasteiger partial charge in [-0.3, -0.25) is 4.79 Å². The van der Waals surface area contributed by atoms with E-state index < -0.39 is 0 Å². The lowest BCUT2D eigenvalue weighted by Gasteiger charge is -2.13. The number of hydrogen-bond acceptors (Lipinski definition) is 3. The van der Waals surface area contributed by atoms with Crippen molar-refractivity contribution >= 4 is 33.2 Å². The van der Waals surface area contributed by atoms with Gasteiger partial charge in [0.2, 0.25) is 5.91 Å². The normalized spacial score (nSPS) is 10.2. The summed E-state index contributed by atoms with van der Waals surface area (Å²) in [4.78, 5) is 12.2. The zero-order valence-corrected chi connectivity index (χ0v) is 13.5. The van der Waals surface area contributed by atoms with Crippen LogP contribution in [-0.2, 0) is 11.2 Å². The van der Waals surface area contributed by atoms with Gasteiger partial charge in [-0.05, 0) is 42.3 Å². The lowest BCUT2D eigenvalue weighted by Crippen LogP contribution is -2.16. The van der Waals surface area contributed by atoms with E-state index in [4.69, 9.17) is 10.5 Å². The number of amides is 1. The zero-order chi connectivity index (χ0) is 15.4. The molecule has 0 aliphatic heterocycles. The Bertz CT molecular complexity index is 654. The van der Waals surface area contributed by atoms with Gasteiger partial charge in [-0.25, -0.2) is 0 Å². The van der Waals surface area contributed by atoms with E-state index in [0.717, 1.165) is 15.6 Å². The number of aryl methyl sites for hydroxylation is 1. The summed E-state index contributed by atoms with van der Waals surface area (Å²) in [5, 5.41) is 2.90. The monoisotopic (exact) mass is 348 g/mol.